The van der Waals surface area contributed by atoms with E-state index in [1.807, 2.05) is 18.2 Å². The Balaban J connectivity index is 2.33. The van der Waals surface area contributed by atoms with E-state index in [-0.39, 0.29) is 0 Å². The largest absolute Gasteiger partial charge is 0.497 e. The first kappa shape index (κ1) is 13.6. The maximum absolute atomic E-state index is 5.85. The molecule has 0 saturated carbocycles. The number of methoxy groups -OCH3 is 1. The van der Waals surface area contributed by atoms with Crippen LogP contribution in [0.1, 0.15) is 0 Å². The van der Waals surface area contributed by atoms with Crippen LogP contribution in [0.25, 0.3) is 0 Å². The molecular formula is C12H9Br2ClN2O. The second-order valence-electron chi connectivity index (χ2n) is 3.45. The molecule has 0 atom stereocenters. The fraction of sp³-hybridized carbons (Fsp3) is 0.0833. The predicted octanol–water partition coefficient (Wildman–Crippen LogP) is 5.01. The van der Waals surface area contributed by atoms with Crippen LogP contribution < -0.4 is 10.1 Å². The van der Waals surface area contributed by atoms with Crippen LogP contribution in [0.5, 0.6) is 5.75 Å². The highest BCUT2D eigenvalue weighted by atomic mass is 79.9. The number of hydrogen-bond donors (Lipinski definition) is 1. The molecule has 2 aromatic rings. The lowest BCUT2D eigenvalue weighted by molar-refractivity contribution is 0.415. The summed E-state index contributed by atoms with van der Waals surface area (Å²) in [6.45, 7) is 0. The third kappa shape index (κ3) is 3.16. The Labute approximate surface area is 127 Å². The van der Waals surface area contributed by atoms with Crippen molar-refractivity contribution in [3.63, 3.8) is 0 Å². The highest BCUT2D eigenvalue weighted by molar-refractivity contribution is 9.11. The number of anilines is 2. The molecule has 1 aromatic carbocycles. The summed E-state index contributed by atoms with van der Waals surface area (Å²) < 4.78 is 6.90. The molecule has 1 aromatic heterocycles. The second kappa shape index (κ2) is 5.91. The van der Waals surface area contributed by atoms with Gasteiger partial charge in [0.15, 0.2) is 0 Å². The SMILES string of the molecule is COc1ccc(Br)c(Nc2ncc(Cl)cc2Br)c1. The molecule has 3 nitrogen and oxygen atoms in total. The minimum atomic E-state index is 0.581. The zero-order valence-electron chi connectivity index (χ0n) is 9.38. The first-order chi connectivity index (χ1) is 8.60. The van der Waals surface area contributed by atoms with Gasteiger partial charge < -0.3 is 10.1 Å². The Morgan fingerprint density at radius 3 is 2.67 bits per heavy atom. The molecule has 0 amide bonds. The van der Waals surface area contributed by atoms with Crippen LogP contribution in [-0.4, -0.2) is 12.1 Å². The van der Waals surface area contributed by atoms with Gasteiger partial charge in [0.05, 0.1) is 22.3 Å². The molecule has 0 fully saturated rings. The lowest BCUT2D eigenvalue weighted by Crippen LogP contribution is -1.96. The normalized spacial score (nSPS) is 10.2. The summed E-state index contributed by atoms with van der Waals surface area (Å²) in [5.74, 6) is 1.46. The fourth-order valence-electron chi connectivity index (χ4n) is 1.36. The average Bonchev–Trinajstić information content (AvgIpc) is 2.35. The van der Waals surface area contributed by atoms with Crippen molar-refractivity contribution in [2.75, 3.05) is 12.4 Å². The van der Waals surface area contributed by atoms with Crippen molar-refractivity contribution in [3.8, 4) is 5.75 Å². The molecule has 0 aliphatic rings. The summed E-state index contributed by atoms with van der Waals surface area (Å²) in [4.78, 5) is 4.22. The molecule has 0 unspecified atom stereocenters. The number of nitrogens with one attached hydrogen (secondary N) is 1. The first-order valence-corrected chi connectivity index (χ1v) is 6.98. The summed E-state index contributed by atoms with van der Waals surface area (Å²) >= 11 is 12.7. The minimum absolute atomic E-state index is 0.581. The molecule has 0 aliphatic carbocycles. The number of hydrogen-bond acceptors (Lipinski definition) is 3. The summed E-state index contributed by atoms with van der Waals surface area (Å²) in [5.41, 5.74) is 0.866. The first-order valence-electron chi connectivity index (χ1n) is 5.02. The van der Waals surface area contributed by atoms with Gasteiger partial charge in [0, 0.05) is 16.7 Å². The van der Waals surface area contributed by atoms with Gasteiger partial charge in [-0.2, -0.15) is 0 Å². The van der Waals surface area contributed by atoms with Gasteiger partial charge in [-0.3, -0.25) is 0 Å². The molecule has 0 saturated heterocycles. The van der Waals surface area contributed by atoms with Gasteiger partial charge in [-0.1, -0.05) is 11.6 Å². The van der Waals surface area contributed by atoms with Gasteiger partial charge >= 0.3 is 0 Å². The zero-order valence-corrected chi connectivity index (χ0v) is 13.3. The monoisotopic (exact) mass is 390 g/mol. The molecule has 6 heteroatoms. The van der Waals surface area contributed by atoms with Crippen molar-refractivity contribution in [3.05, 3.63) is 44.4 Å². The number of halogens is 3. The number of ether oxygens (including phenoxy) is 1. The maximum atomic E-state index is 5.85. The van der Waals surface area contributed by atoms with Gasteiger partial charge in [0.2, 0.25) is 0 Å². The lowest BCUT2D eigenvalue weighted by atomic mass is 10.3. The van der Waals surface area contributed by atoms with Gasteiger partial charge in [-0.15, -0.1) is 0 Å². The summed E-state index contributed by atoms with van der Waals surface area (Å²) in [6, 6.07) is 7.45. The third-order valence-corrected chi connectivity index (χ3v) is 3.74. The molecule has 0 bridgehead atoms. The van der Waals surface area contributed by atoms with Crippen molar-refractivity contribution >= 4 is 55.0 Å². The zero-order chi connectivity index (χ0) is 13.1. The van der Waals surface area contributed by atoms with Crippen LogP contribution >= 0.6 is 43.5 Å². The van der Waals surface area contributed by atoms with E-state index in [1.54, 1.807) is 19.4 Å². The molecule has 0 aliphatic heterocycles. The number of aromatic nitrogens is 1. The molecule has 0 spiro atoms. The van der Waals surface area contributed by atoms with Gasteiger partial charge in [0.1, 0.15) is 11.6 Å². The van der Waals surface area contributed by atoms with E-state index in [2.05, 4.69) is 42.2 Å². The van der Waals surface area contributed by atoms with E-state index >= 15 is 0 Å². The Kier molecular flexibility index (Phi) is 4.48. The Morgan fingerprint density at radius 1 is 1.22 bits per heavy atom. The smallest absolute Gasteiger partial charge is 0.144 e. The van der Waals surface area contributed by atoms with Crippen LogP contribution in [0.3, 0.4) is 0 Å². The van der Waals surface area contributed by atoms with Crippen molar-refractivity contribution in [2.45, 2.75) is 0 Å². The van der Waals surface area contributed by atoms with Crippen LogP contribution in [0.4, 0.5) is 11.5 Å². The molecule has 0 radical (unpaired) electrons. The van der Waals surface area contributed by atoms with Gasteiger partial charge in [-0.05, 0) is 50.1 Å². The van der Waals surface area contributed by atoms with Crippen molar-refractivity contribution in [1.82, 2.24) is 4.98 Å². The molecule has 1 heterocycles. The van der Waals surface area contributed by atoms with Crippen LogP contribution in [0, 0.1) is 0 Å². The highest BCUT2D eigenvalue weighted by Gasteiger charge is 2.06. The summed E-state index contributed by atoms with van der Waals surface area (Å²) in [7, 11) is 1.63. The third-order valence-electron chi connectivity index (χ3n) is 2.23. The number of nitrogens with zero attached hydrogens (tertiary/aromatic N) is 1. The average molecular weight is 392 g/mol. The Hall–Kier alpha value is -0.780. The van der Waals surface area contributed by atoms with Crippen molar-refractivity contribution < 1.29 is 4.74 Å². The van der Waals surface area contributed by atoms with Crippen LogP contribution in [0.2, 0.25) is 5.02 Å². The van der Waals surface area contributed by atoms with E-state index in [9.17, 15) is 0 Å². The molecule has 18 heavy (non-hydrogen) atoms. The van der Waals surface area contributed by atoms with E-state index in [4.69, 9.17) is 16.3 Å². The lowest BCUT2D eigenvalue weighted by Gasteiger charge is -2.11. The van der Waals surface area contributed by atoms with E-state index in [0.29, 0.717) is 10.8 Å². The number of rotatable bonds is 3. The predicted molar refractivity (Wildman–Crippen MR) is 80.9 cm³/mol. The van der Waals surface area contributed by atoms with Crippen molar-refractivity contribution in [2.24, 2.45) is 0 Å². The highest BCUT2D eigenvalue weighted by Crippen LogP contribution is 2.32. The van der Waals surface area contributed by atoms with E-state index in [0.717, 1.165) is 20.4 Å². The quantitative estimate of drug-likeness (QED) is 0.797. The summed E-state index contributed by atoms with van der Waals surface area (Å²) in [5, 5.41) is 3.78. The fourth-order valence-corrected chi connectivity index (χ4v) is 2.44. The number of benzene rings is 1. The Bertz CT molecular complexity index is 578. The van der Waals surface area contributed by atoms with E-state index < -0.39 is 0 Å². The topological polar surface area (TPSA) is 34.1 Å². The van der Waals surface area contributed by atoms with Crippen molar-refractivity contribution in [1.29, 1.82) is 0 Å². The Morgan fingerprint density at radius 2 is 2.00 bits per heavy atom. The molecule has 2 rings (SSSR count). The molecular weight excluding hydrogens is 383 g/mol. The van der Waals surface area contributed by atoms with E-state index in [1.165, 1.54) is 0 Å². The molecule has 94 valence electrons. The summed E-state index contributed by atoms with van der Waals surface area (Å²) in [6.07, 6.45) is 1.59. The van der Waals surface area contributed by atoms with Crippen LogP contribution in [-0.2, 0) is 0 Å². The van der Waals surface area contributed by atoms with Crippen LogP contribution in [0.15, 0.2) is 39.4 Å². The minimum Gasteiger partial charge on any atom is -0.497 e. The standard InChI is InChI=1S/C12H9Br2ClN2O/c1-18-8-2-3-9(13)11(5-8)17-12-10(14)4-7(15)6-16-12/h2-6H,1H3,(H,16,17). The number of pyridine rings is 1. The second-order valence-corrected chi connectivity index (χ2v) is 5.60. The van der Waals surface area contributed by atoms with Gasteiger partial charge in [0.25, 0.3) is 0 Å². The maximum Gasteiger partial charge on any atom is 0.144 e. The molecule has 1 N–H and O–H groups in total. The van der Waals surface area contributed by atoms with Gasteiger partial charge in [-0.25, -0.2) is 4.98 Å².